The first kappa shape index (κ1) is 8.99. The number of fused-ring (bicyclic) bond motifs is 1. The van der Waals surface area contributed by atoms with Gasteiger partial charge in [0, 0.05) is 11.4 Å². The van der Waals surface area contributed by atoms with Gasteiger partial charge in [0.05, 0.1) is 17.2 Å². The molecule has 0 saturated carbocycles. The predicted octanol–water partition coefficient (Wildman–Crippen LogP) is 1.51. The van der Waals surface area contributed by atoms with Crippen LogP contribution in [0.25, 0.3) is 10.9 Å². The number of hydrogen-bond acceptors (Lipinski definition) is 2. The molecule has 0 atom stereocenters. The number of H-pyrrole nitrogens is 2. The summed E-state index contributed by atoms with van der Waals surface area (Å²) in [4.78, 5) is 21.5. The zero-order chi connectivity index (χ0) is 10.1. The maximum absolute atomic E-state index is 11.6. The van der Waals surface area contributed by atoms with E-state index in [9.17, 15) is 4.79 Å². The van der Waals surface area contributed by atoms with E-state index in [1.54, 1.807) is 0 Å². The van der Waals surface area contributed by atoms with Gasteiger partial charge in [-0.1, -0.05) is 13.3 Å². The van der Waals surface area contributed by atoms with Crippen LogP contribution < -0.4 is 5.56 Å². The third-order valence-electron chi connectivity index (χ3n) is 2.35. The Morgan fingerprint density at radius 3 is 3.00 bits per heavy atom. The molecule has 74 valence electrons. The normalized spacial score (nSPS) is 11.0. The summed E-state index contributed by atoms with van der Waals surface area (Å²) in [6.45, 7) is 4.03. The van der Waals surface area contributed by atoms with E-state index >= 15 is 0 Å². The average molecular weight is 191 g/mol. The molecule has 4 heteroatoms. The molecule has 0 aromatic carbocycles. The highest BCUT2D eigenvalue weighted by molar-refractivity contribution is 5.83. The van der Waals surface area contributed by atoms with E-state index in [4.69, 9.17) is 0 Å². The maximum atomic E-state index is 11.6. The van der Waals surface area contributed by atoms with Crippen LogP contribution in [0.2, 0.25) is 0 Å². The van der Waals surface area contributed by atoms with Gasteiger partial charge in [0.2, 0.25) is 0 Å². The molecule has 0 aliphatic heterocycles. The second kappa shape index (κ2) is 3.29. The Morgan fingerprint density at radius 1 is 1.50 bits per heavy atom. The first-order chi connectivity index (χ1) is 6.74. The number of nitrogens with zero attached hydrogens (tertiary/aromatic N) is 1. The van der Waals surface area contributed by atoms with Crippen LogP contribution in [0.15, 0.2) is 11.1 Å². The molecule has 0 fully saturated rings. The standard InChI is InChI=1S/C10H13N3O/c1-3-4-7-8-9(6(2)13-7)11-5-12-10(8)14/h5,13H,3-4H2,1-2H3,(H,11,12,14). The van der Waals surface area contributed by atoms with E-state index in [0.717, 1.165) is 29.7 Å². The van der Waals surface area contributed by atoms with Crippen molar-refractivity contribution in [2.24, 2.45) is 0 Å². The number of aromatic amines is 2. The first-order valence-electron chi connectivity index (χ1n) is 4.79. The topological polar surface area (TPSA) is 61.5 Å². The lowest BCUT2D eigenvalue weighted by Gasteiger charge is -1.93. The fourth-order valence-corrected chi connectivity index (χ4v) is 1.75. The summed E-state index contributed by atoms with van der Waals surface area (Å²) in [5, 5.41) is 0.715. The fraction of sp³-hybridized carbons (Fsp3) is 0.400. The molecule has 2 rings (SSSR count). The van der Waals surface area contributed by atoms with Gasteiger partial charge in [0.1, 0.15) is 0 Å². The summed E-state index contributed by atoms with van der Waals surface area (Å²) < 4.78 is 0. The molecule has 0 saturated heterocycles. The average Bonchev–Trinajstić information content (AvgIpc) is 2.46. The minimum atomic E-state index is -0.0530. The highest BCUT2D eigenvalue weighted by Gasteiger charge is 2.10. The summed E-state index contributed by atoms with van der Waals surface area (Å²) in [6.07, 6.45) is 3.35. The maximum Gasteiger partial charge on any atom is 0.260 e. The first-order valence-corrected chi connectivity index (χ1v) is 4.79. The highest BCUT2D eigenvalue weighted by atomic mass is 16.1. The van der Waals surface area contributed by atoms with Crippen LogP contribution in [0.4, 0.5) is 0 Å². The van der Waals surface area contributed by atoms with Crippen molar-refractivity contribution in [2.75, 3.05) is 0 Å². The third-order valence-corrected chi connectivity index (χ3v) is 2.35. The Kier molecular flexibility index (Phi) is 2.11. The van der Waals surface area contributed by atoms with Crippen molar-refractivity contribution in [2.45, 2.75) is 26.7 Å². The summed E-state index contributed by atoms with van der Waals surface area (Å²) in [6, 6.07) is 0. The minimum Gasteiger partial charge on any atom is -0.360 e. The van der Waals surface area contributed by atoms with E-state index in [-0.39, 0.29) is 5.56 Å². The molecule has 14 heavy (non-hydrogen) atoms. The predicted molar refractivity (Wildman–Crippen MR) is 55.4 cm³/mol. The number of aromatic nitrogens is 3. The minimum absolute atomic E-state index is 0.0530. The molecule has 0 radical (unpaired) electrons. The lowest BCUT2D eigenvalue weighted by atomic mass is 10.2. The van der Waals surface area contributed by atoms with E-state index < -0.39 is 0 Å². The Balaban J connectivity index is 2.79. The molecule has 0 unspecified atom stereocenters. The molecule has 2 aromatic heterocycles. The van der Waals surface area contributed by atoms with Gasteiger partial charge in [-0.2, -0.15) is 0 Å². The van der Waals surface area contributed by atoms with E-state index in [0.29, 0.717) is 5.39 Å². The Labute approximate surface area is 81.4 Å². The van der Waals surface area contributed by atoms with Gasteiger partial charge in [-0.3, -0.25) is 4.79 Å². The zero-order valence-electron chi connectivity index (χ0n) is 8.35. The van der Waals surface area contributed by atoms with Crippen molar-refractivity contribution in [3.63, 3.8) is 0 Å². The van der Waals surface area contributed by atoms with Crippen LogP contribution in [0.1, 0.15) is 24.7 Å². The summed E-state index contributed by atoms with van der Waals surface area (Å²) in [5.74, 6) is 0. The highest BCUT2D eigenvalue weighted by Crippen LogP contribution is 2.16. The molecule has 0 bridgehead atoms. The Morgan fingerprint density at radius 2 is 2.29 bits per heavy atom. The molecule has 2 heterocycles. The summed E-state index contributed by atoms with van der Waals surface area (Å²) in [7, 11) is 0. The molecule has 0 aliphatic rings. The van der Waals surface area contributed by atoms with E-state index in [1.165, 1.54) is 6.33 Å². The fourth-order valence-electron chi connectivity index (χ4n) is 1.75. The van der Waals surface area contributed by atoms with Gasteiger partial charge < -0.3 is 9.97 Å². The van der Waals surface area contributed by atoms with Gasteiger partial charge in [0.25, 0.3) is 5.56 Å². The van der Waals surface area contributed by atoms with Crippen LogP contribution in [0.5, 0.6) is 0 Å². The van der Waals surface area contributed by atoms with E-state index in [2.05, 4.69) is 21.9 Å². The Hall–Kier alpha value is -1.58. The van der Waals surface area contributed by atoms with Crippen molar-refractivity contribution in [1.82, 2.24) is 15.0 Å². The van der Waals surface area contributed by atoms with Crippen LogP contribution in [-0.4, -0.2) is 15.0 Å². The Bertz CT molecular complexity index is 510. The molecular formula is C10H13N3O. The molecule has 2 N–H and O–H groups in total. The lowest BCUT2D eigenvalue weighted by molar-refractivity contribution is 0.893. The van der Waals surface area contributed by atoms with Crippen molar-refractivity contribution in [3.05, 3.63) is 28.1 Å². The monoisotopic (exact) mass is 191 g/mol. The van der Waals surface area contributed by atoms with Gasteiger partial charge in [0.15, 0.2) is 0 Å². The van der Waals surface area contributed by atoms with Crippen LogP contribution >= 0.6 is 0 Å². The molecule has 0 aliphatic carbocycles. The largest absolute Gasteiger partial charge is 0.360 e. The van der Waals surface area contributed by atoms with Crippen molar-refractivity contribution in [3.8, 4) is 0 Å². The van der Waals surface area contributed by atoms with Crippen LogP contribution in [0.3, 0.4) is 0 Å². The molecule has 2 aromatic rings. The van der Waals surface area contributed by atoms with Gasteiger partial charge in [-0.15, -0.1) is 0 Å². The van der Waals surface area contributed by atoms with Gasteiger partial charge >= 0.3 is 0 Å². The number of hydrogen-bond donors (Lipinski definition) is 2. The molecule has 0 spiro atoms. The number of nitrogens with one attached hydrogen (secondary N) is 2. The van der Waals surface area contributed by atoms with Crippen molar-refractivity contribution in [1.29, 1.82) is 0 Å². The van der Waals surface area contributed by atoms with Gasteiger partial charge in [-0.25, -0.2) is 4.98 Å². The quantitative estimate of drug-likeness (QED) is 0.755. The zero-order valence-corrected chi connectivity index (χ0v) is 8.35. The smallest absolute Gasteiger partial charge is 0.260 e. The van der Waals surface area contributed by atoms with Crippen molar-refractivity contribution >= 4 is 10.9 Å². The second-order valence-electron chi connectivity index (χ2n) is 3.43. The van der Waals surface area contributed by atoms with Crippen molar-refractivity contribution < 1.29 is 0 Å². The van der Waals surface area contributed by atoms with Crippen LogP contribution in [-0.2, 0) is 6.42 Å². The summed E-state index contributed by atoms with van der Waals surface area (Å²) >= 11 is 0. The number of rotatable bonds is 2. The SMILES string of the molecule is CCCc1[nH]c(C)c2nc[nH]c(=O)c12. The van der Waals surface area contributed by atoms with Gasteiger partial charge in [-0.05, 0) is 13.3 Å². The molecule has 0 amide bonds. The second-order valence-corrected chi connectivity index (χ2v) is 3.43. The van der Waals surface area contributed by atoms with Crippen LogP contribution in [0, 0.1) is 6.92 Å². The number of aryl methyl sites for hydroxylation is 2. The third kappa shape index (κ3) is 1.23. The molecular weight excluding hydrogens is 178 g/mol. The lowest BCUT2D eigenvalue weighted by Crippen LogP contribution is -2.06. The van der Waals surface area contributed by atoms with E-state index in [1.807, 2.05) is 6.92 Å². The molecule has 4 nitrogen and oxygen atoms in total. The summed E-state index contributed by atoms with van der Waals surface area (Å²) in [5.41, 5.74) is 2.70.